The van der Waals surface area contributed by atoms with E-state index in [1.807, 2.05) is 19.1 Å². The number of nitrogens with one attached hydrogen (secondary N) is 2. The second kappa shape index (κ2) is 17.6. The molecule has 0 aliphatic heterocycles. The molecule has 0 atom stereocenters. The number of aryl methyl sites for hydroxylation is 1. The van der Waals surface area contributed by atoms with Crippen molar-refractivity contribution in [1.29, 1.82) is 0 Å². The van der Waals surface area contributed by atoms with Gasteiger partial charge >= 0.3 is 6.18 Å². The minimum Gasteiger partial charge on any atom is -0.487 e. The average molecular weight is 821 g/mol. The van der Waals surface area contributed by atoms with Crippen molar-refractivity contribution in [3.63, 3.8) is 0 Å². The number of aromatic nitrogens is 2. The summed E-state index contributed by atoms with van der Waals surface area (Å²) < 4.78 is 115. The Hall–Kier alpha value is -5.07. The molecule has 55 heavy (non-hydrogen) atoms. The van der Waals surface area contributed by atoms with Crippen LogP contribution >= 0.6 is 11.6 Å². The molecule has 0 unspecified atom stereocenters. The van der Waals surface area contributed by atoms with E-state index in [0.29, 0.717) is 55.8 Å². The lowest BCUT2D eigenvalue weighted by Crippen LogP contribution is -2.29. The lowest BCUT2D eigenvalue weighted by molar-refractivity contribution is -0.106. The Kier molecular flexibility index (Phi) is 13.1. The minimum absolute atomic E-state index is 0.0666. The summed E-state index contributed by atoms with van der Waals surface area (Å²) in [6.07, 6.45) is -3.35. The topological polar surface area (TPSA) is 161 Å². The zero-order valence-electron chi connectivity index (χ0n) is 28.8. The van der Waals surface area contributed by atoms with Gasteiger partial charge in [0.2, 0.25) is 0 Å². The molecule has 0 fully saturated rings. The highest BCUT2D eigenvalue weighted by Crippen LogP contribution is 2.33. The molecule has 3 N–H and O–H groups in total. The summed E-state index contributed by atoms with van der Waals surface area (Å²) in [4.78, 5) is 8.63. The van der Waals surface area contributed by atoms with Crippen molar-refractivity contribution in [2.75, 3.05) is 23.4 Å². The van der Waals surface area contributed by atoms with Crippen LogP contribution in [0.25, 0.3) is 22.2 Å². The lowest BCUT2D eigenvalue weighted by atomic mass is 10.1. The average Bonchev–Trinajstić information content (AvgIpc) is 3.58. The van der Waals surface area contributed by atoms with Crippen molar-refractivity contribution in [2.24, 2.45) is 0 Å². The SMILES string of the molecule is Cc1ccc(S(=O)(=O)O)cc1.O=S(=O)(CCNCc1ccc(-c2ccc3ncnc(Nc4ccc(OCc5cccc(F)c5)c(Cl)c4)c3c2)o1)CC(F)(F)F. The number of furan rings is 1. The van der Waals surface area contributed by atoms with E-state index in [0.717, 1.165) is 5.56 Å². The zero-order chi connectivity index (χ0) is 39.8. The predicted molar refractivity (Wildman–Crippen MR) is 200 cm³/mol. The zero-order valence-corrected chi connectivity index (χ0v) is 31.2. The molecule has 0 spiro atoms. The molecule has 6 aromatic rings. The van der Waals surface area contributed by atoms with Crippen LogP contribution in [0.15, 0.2) is 113 Å². The van der Waals surface area contributed by atoms with Crippen molar-refractivity contribution in [3.8, 4) is 17.1 Å². The normalized spacial score (nSPS) is 11.9. The quantitative estimate of drug-likeness (QED) is 0.0584. The number of rotatable bonds is 13. The van der Waals surface area contributed by atoms with Crippen LogP contribution in [-0.4, -0.2) is 55.6 Å². The van der Waals surface area contributed by atoms with E-state index < -0.39 is 37.6 Å². The molecule has 0 saturated heterocycles. The van der Waals surface area contributed by atoms with Crippen molar-refractivity contribution < 1.29 is 48.1 Å². The number of fused-ring (bicyclic) bond motifs is 1. The van der Waals surface area contributed by atoms with Crippen LogP contribution in [0.3, 0.4) is 0 Å². The van der Waals surface area contributed by atoms with E-state index in [9.17, 15) is 34.4 Å². The van der Waals surface area contributed by atoms with E-state index in [2.05, 4.69) is 20.6 Å². The fourth-order valence-electron chi connectivity index (χ4n) is 5.03. The van der Waals surface area contributed by atoms with Crippen molar-refractivity contribution in [3.05, 3.63) is 131 Å². The van der Waals surface area contributed by atoms with Crippen LogP contribution in [0.4, 0.5) is 29.1 Å². The highest BCUT2D eigenvalue weighted by molar-refractivity contribution is 7.91. The van der Waals surface area contributed by atoms with Gasteiger partial charge in [-0.15, -0.1) is 0 Å². The van der Waals surface area contributed by atoms with E-state index in [1.165, 1.54) is 30.6 Å². The number of halogens is 5. The number of anilines is 2. The first-order chi connectivity index (χ1) is 25.9. The van der Waals surface area contributed by atoms with Gasteiger partial charge in [0.25, 0.3) is 10.1 Å². The Morgan fingerprint density at radius 3 is 2.36 bits per heavy atom. The molecule has 0 aliphatic carbocycles. The number of hydrogen-bond donors (Lipinski definition) is 3. The van der Waals surface area contributed by atoms with Gasteiger partial charge in [0.05, 0.1) is 27.7 Å². The molecule has 0 radical (unpaired) electrons. The maximum absolute atomic E-state index is 13.4. The van der Waals surface area contributed by atoms with E-state index in [1.54, 1.807) is 60.7 Å². The van der Waals surface area contributed by atoms with E-state index in [4.69, 9.17) is 25.3 Å². The number of alkyl halides is 3. The van der Waals surface area contributed by atoms with Crippen LogP contribution in [0.2, 0.25) is 5.02 Å². The summed E-state index contributed by atoms with van der Waals surface area (Å²) in [5, 5.41) is 7.08. The highest BCUT2D eigenvalue weighted by atomic mass is 35.5. The monoisotopic (exact) mass is 820 g/mol. The molecular formula is C37H33ClF4N4O7S2. The Balaban J connectivity index is 0.000000454. The fourth-order valence-corrected chi connectivity index (χ4v) is 6.84. The summed E-state index contributed by atoms with van der Waals surface area (Å²) in [7, 11) is -8.28. The standard InChI is InChI=1S/C30H25ClF4N4O4S.C7H8O3S/c31-25-14-22(5-8-28(25)42-16-19-2-1-3-21(32)12-19)39-29-24-13-20(4-7-26(24)37-18-38-29)27-9-6-23(43-27)15-36-10-11-44(40,41)17-30(33,34)35;1-6-2-4-7(5-3-6)11(8,9)10/h1-9,12-14,18,36H,10-11,15-17H2,(H,37,38,39);2-5H,1H3,(H,8,9,10). The number of hydrogen-bond acceptors (Lipinski definition) is 10. The van der Waals surface area contributed by atoms with Gasteiger partial charge in [-0.25, -0.2) is 22.8 Å². The van der Waals surface area contributed by atoms with Crippen LogP contribution in [0.5, 0.6) is 5.75 Å². The molecule has 0 bridgehead atoms. The Labute approximate surface area is 319 Å². The third-order valence-corrected chi connectivity index (χ3v) is 10.4. The summed E-state index contributed by atoms with van der Waals surface area (Å²) in [5.74, 6) is -0.901. The maximum atomic E-state index is 13.4. The minimum atomic E-state index is -4.77. The van der Waals surface area contributed by atoms with Crippen LogP contribution in [0.1, 0.15) is 16.9 Å². The molecule has 2 heterocycles. The number of ether oxygens (including phenoxy) is 1. The second-order valence-electron chi connectivity index (χ2n) is 12.1. The molecule has 0 aliphatic rings. The van der Waals surface area contributed by atoms with Crippen LogP contribution in [-0.2, 0) is 33.1 Å². The van der Waals surface area contributed by atoms with Gasteiger partial charge in [-0.2, -0.15) is 21.6 Å². The summed E-state index contributed by atoms with van der Waals surface area (Å²) >= 11 is 6.45. The van der Waals surface area contributed by atoms with Crippen molar-refractivity contribution in [2.45, 2.75) is 31.1 Å². The van der Waals surface area contributed by atoms with Gasteiger partial charge in [0, 0.05) is 23.2 Å². The number of sulfone groups is 1. The van der Waals surface area contributed by atoms with E-state index in [-0.39, 0.29) is 30.4 Å². The van der Waals surface area contributed by atoms with Gasteiger partial charge < -0.3 is 19.8 Å². The summed E-state index contributed by atoms with van der Waals surface area (Å²) in [5.41, 5.74) is 3.65. The molecule has 0 saturated carbocycles. The first-order valence-electron chi connectivity index (χ1n) is 16.2. The van der Waals surface area contributed by atoms with E-state index >= 15 is 0 Å². The Morgan fingerprint density at radius 1 is 0.909 bits per heavy atom. The number of nitrogens with zero attached hydrogens (tertiary/aromatic N) is 2. The third-order valence-electron chi connectivity index (χ3n) is 7.65. The van der Waals surface area contributed by atoms with Gasteiger partial charge in [0.15, 0.2) is 9.84 Å². The maximum Gasteiger partial charge on any atom is 0.402 e. The van der Waals surface area contributed by atoms with Gasteiger partial charge in [-0.05, 0) is 85.3 Å². The number of benzene rings is 4. The predicted octanol–water partition coefficient (Wildman–Crippen LogP) is 8.31. The van der Waals surface area contributed by atoms with Gasteiger partial charge in [0.1, 0.15) is 47.6 Å². The summed E-state index contributed by atoms with van der Waals surface area (Å²) in [6, 6.07) is 26.1. The van der Waals surface area contributed by atoms with Crippen LogP contribution in [0, 0.1) is 12.7 Å². The molecule has 11 nitrogen and oxygen atoms in total. The lowest BCUT2D eigenvalue weighted by Gasteiger charge is -2.12. The smallest absolute Gasteiger partial charge is 0.402 e. The molecule has 2 aromatic heterocycles. The fraction of sp³-hybridized carbons (Fsp3) is 0.189. The third kappa shape index (κ3) is 12.5. The molecular weight excluding hydrogens is 788 g/mol. The molecule has 0 amide bonds. The first-order valence-corrected chi connectivity index (χ1v) is 19.9. The molecule has 290 valence electrons. The van der Waals surface area contributed by atoms with Gasteiger partial charge in [-0.1, -0.05) is 41.4 Å². The molecule has 4 aromatic carbocycles. The Bertz CT molecular complexity index is 2480. The summed E-state index contributed by atoms with van der Waals surface area (Å²) in [6.45, 7) is 1.97. The van der Waals surface area contributed by atoms with Gasteiger partial charge in [-0.3, -0.25) is 4.55 Å². The molecule has 18 heteroatoms. The van der Waals surface area contributed by atoms with Crippen molar-refractivity contribution in [1.82, 2.24) is 15.3 Å². The highest BCUT2D eigenvalue weighted by Gasteiger charge is 2.34. The van der Waals surface area contributed by atoms with Crippen LogP contribution < -0.4 is 15.4 Å². The Morgan fingerprint density at radius 2 is 1.67 bits per heavy atom. The molecule has 6 rings (SSSR count). The second-order valence-corrected chi connectivity index (χ2v) is 16.1. The first kappa shape index (κ1) is 41.1. The van der Waals surface area contributed by atoms with Crippen molar-refractivity contribution >= 4 is 54.0 Å². The largest absolute Gasteiger partial charge is 0.487 e.